The van der Waals surface area contributed by atoms with Crippen LogP contribution >= 0.6 is 0 Å². The highest BCUT2D eigenvalue weighted by molar-refractivity contribution is 5.98. The minimum absolute atomic E-state index is 0.0470. The van der Waals surface area contributed by atoms with Crippen molar-refractivity contribution in [3.63, 3.8) is 0 Å². The number of rotatable bonds is 12. The van der Waals surface area contributed by atoms with Crippen LogP contribution in [0.5, 0.6) is 11.5 Å². The average molecular weight is 589 g/mol. The van der Waals surface area contributed by atoms with Crippen molar-refractivity contribution < 1.29 is 19.8 Å². The molecule has 6 nitrogen and oxygen atoms in total. The molecule has 0 bridgehead atoms. The normalized spacial score (nSPS) is 14.2. The minimum Gasteiger partial charge on any atom is -0.507 e. The number of carbonyl (C=O) groups excluding carboxylic acids is 2. The molecule has 0 unspecified atom stereocenters. The van der Waals surface area contributed by atoms with Crippen LogP contribution in [0, 0.1) is 0 Å². The Labute approximate surface area is 260 Å². The van der Waals surface area contributed by atoms with E-state index in [0.717, 1.165) is 55.9 Å². The molecule has 3 aromatic carbocycles. The summed E-state index contributed by atoms with van der Waals surface area (Å²) >= 11 is 0. The summed E-state index contributed by atoms with van der Waals surface area (Å²) in [6.07, 6.45) is 11.0. The second-order valence-electron chi connectivity index (χ2n) is 11.5. The van der Waals surface area contributed by atoms with Gasteiger partial charge in [0.15, 0.2) is 0 Å². The number of amides is 2. The third kappa shape index (κ3) is 5.85. The van der Waals surface area contributed by atoms with E-state index < -0.39 is 0 Å². The smallest absolute Gasteiger partial charge is 0.227 e. The third-order valence-electron chi connectivity index (χ3n) is 8.64. The van der Waals surface area contributed by atoms with Crippen LogP contribution in [0.1, 0.15) is 57.3 Å². The average Bonchev–Trinajstić information content (AvgIpc) is 3.01. The number of anilines is 2. The molecule has 0 saturated carbocycles. The van der Waals surface area contributed by atoms with E-state index in [1.165, 1.54) is 0 Å². The molecule has 2 heterocycles. The van der Waals surface area contributed by atoms with Gasteiger partial charge in [-0.15, -0.1) is 26.3 Å². The molecule has 0 radical (unpaired) electrons. The molecular weight excluding hydrogens is 548 g/mol. The van der Waals surface area contributed by atoms with Gasteiger partial charge in [0, 0.05) is 35.3 Å². The molecule has 0 fully saturated rings. The summed E-state index contributed by atoms with van der Waals surface area (Å²) in [7, 11) is 0. The van der Waals surface area contributed by atoms with E-state index in [1.54, 1.807) is 24.3 Å². The van der Waals surface area contributed by atoms with Gasteiger partial charge in [0.05, 0.1) is 13.1 Å². The van der Waals surface area contributed by atoms with Crippen LogP contribution in [0.3, 0.4) is 0 Å². The number of hydrogen-bond acceptors (Lipinski definition) is 4. The van der Waals surface area contributed by atoms with E-state index in [1.807, 2.05) is 46.2 Å². The van der Waals surface area contributed by atoms with Crippen molar-refractivity contribution in [2.75, 3.05) is 9.80 Å². The monoisotopic (exact) mass is 588 g/mol. The predicted octanol–water partition coefficient (Wildman–Crippen LogP) is 6.97. The fourth-order valence-electron chi connectivity index (χ4n) is 6.48. The first kappa shape index (κ1) is 30.6. The number of fused-ring (bicyclic) bond motifs is 2. The topological polar surface area (TPSA) is 81.1 Å². The first-order chi connectivity index (χ1) is 21.3. The van der Waals surface area contributed by atoms with Gasteiger partial charge in [-0.3, -0.25) is 9.59 Å². The lowest BCUT2D eigenvalue weighted by Gasteiger charge is -2.33. The van der Waals surface area contributed by atoms with Crippen LogP contribution in [-0.4, -0.2) is 22.0 Å². The molecule has 0 aromatic heterocycles. The lowest BCUT2D eigenvalue weighted by atomic mass is 9.89. The maximum Gasteiger partial charge on any atom is 0.227 e. The van der Waals surface area contributed by atoms with Crippen LogP contribution < -0.4 is 9.80 Å². The van der Waals surface area contributed by atoms with Crippen molar-refractivity contribution in [1.82, 2.24) is 0 Å². The molecule has 0 aliphatic carbocycles. The predicted molar refractivity (Wildman–Crippen MR) is 177 cm³/mol. The largest absolute Gasteiger partial charge is 0.507 e. The van der Waals surface area contributed by atoms with Gasteiger partial charge in [0.1, 0.15) is 11.5 Å². The molecule has 0 atom stereocenters. The highest BCUT2D eigenvalue weighted by Crippen LogP contribution is 2.41. The molecule has 0 spiro atoms. The lowest BCUT2D eigenvalue weighted by Crippen LogP contribution is -2.35. The second-order valence-corrected chi connectivity index (χ2v) is 11.5. The number of aromatic hydroxyl groups is 2. The Hall–Kier alpha value is -4.84. The van der Waals surface area contributed by atoms with Gasteiger partial charge in [0.25, 0.3) is 0 Å². The molecule has 3 aromatic rings. The van der Waals surface area contributed by atoms with Crippen LogP contribution in [0.15, 0.2) is 87.0 Å². The zero-order valence-corrected chi connectivity index (χ0v) is 25.3. The quantitative estimate of drug-likeness (QED) is 0.224. The Morgan fingerprint density at radius 2 is 0.955 bits per heavy atom. The Morgan fingerprint density at radius 1 is 0.591 bits per heavy atom. The van der Waals surface area contributed by atoms with Crippen LogP contribution in [-0.2, 0) is 61.2 Å². The van der Waals surface area contributed by atoms with Crippen molar-refractivity contribution in [2.45, 2.75) is 64.5 Å². The molecule has 2 aliphatic heterocycles. The van der Waals surface area contributed by atoms with E-state index >= 15 is 0 Å². The van der Waals surface area contributed by atoms with Crippen molar-refractivity contribution in [1.29, 1.82) is 0 Å². The molecule has 44 heavy (non-hydrogen) atoms. The van der Waals surface area contributed by atoms with E-state index in [2.05, 4.69) is 26.3 Å². The summed E-state index contributed by atoms with van der Waals surface area (Å²) in [5.41, 5.74) is 8.74. The fourth-order valence-corrected chi connectivity index (χ4v) is 6.48. The summed E-state index contributed by atoms with van der Waals surface area (Å²) in [5, 5.41) is 21.9. The maximum absolute atomic E-state index is 13.2. The maximum atomic E-state index is 13.2. The number of phenols is 2. The van der Waals surface area contributed by atoms with E-state index in [0.29, 0.717) is 64.5 Å². The summed E-state index contributed by atoms with van der Waals surface area (Å²) in [6.45, 7) is 16.2. The van der Waals surface area contributed by atoms with Gasteiger partial charge in [0.2, 0.25) is 11.8 Å². The van der Waals surface area contributed by atoms with Crippen molar-refractivity contribution in [3.05, 3.63) is 132 Å². The zero-order chi connectivity index (χ0) is 31.4. The number of phenolic OH excluding ortho intramolecular Hbond substituents is 2. The fraction of sp³-hybridized carbons (Fsp3) is 0.263. The standard InChI is InChI=1S/C38H40N2O4/c1-5-9-27-21-33-29(31(11-7-3)37(27)43)17-19-35(41)39(33)23-25-13-15-26(16-14-25)24-40-34-22-28(10-6-2)38(44)32(12-8-4)30(34)18-20-36(40)42/h5-8,13-16,21-22,43-44H,1-4,9-12,17-20,23-24H2. The Morgan fingerprint density at radius 3 is 1.30 bits per heavy atom. The van der Waals surface area contributed by atoms with Crippen molar-refractivity contribution in [3.8, 4) is 11.5 Å². The van der Waals surface area contributed by atoms with Crippen molar-refractivity contribution in [2.24, 2.45) is 0 Å². The molecule has 2 amide bonds. The number of hydrogen-bond donors (Lipinski definition) is 2. The molecular formula is C38H40N2O4. The molecule has 2 aliphatic rings. The highest BCUT2D eigenvalue weighted by Gasteiger charge is 2.30. The van der Waals surface area contributed by atoms with Gasteiger partial charge in [-0.1, -0.05) is 48.6 Å². The van der Waals surface area contributed by atoms with Crippen LogP contribution in [0.25, 0.3) is 0 Å². The van der Waals surface area contributed by atoms with Crippen LogP contribution in [0.4, 0.5) is 11.4 Å². The molecule has 0 saturated heterocycles. The molecule has 226 valence electrons. The molecule has 5 rings (SSSR count). The number of benzene rings is 3. The Balaban J connectivity index is 1.43. The Bertz CT molecular complexity index is 1530. The van der Waals surface area contributed by atoms with Gasteiger partial charge in [-0.2, -0.15) is 0 Å². The Kier molecular flexibility index (Phi) is 9.19. The third-order valence-corrected chi connectivity index (χ3v) is 8.64. The summed E-state index contributed by atoms with van der Waals surface area (Å²) in [4.78, 5) is 30.0. The molecule has 6 heteroatoms. The SMILES string of the molecule is C=CCc1cc2c(c(CC=C)c1O)CCC(=O)N2Cc1ccc(CN2C(=O)CCc3c2cc(CC=C)c(O)c3CC=C)cc1. The summed E-state index contributed by atoms with van der Waals surface area (Å²) in [5.74, 6) is 0.621. The van der Waals surface area contributed by atoms with Gasteiger partial charge in [-0.25, -0.2) is 0 Å². The van der Waals surface area contributed by atoms with Gasteiger partial charge >= 0.3 is 0 Å². The van der Waals surface area contributed by atoms with Crippen molar-refractivity contribution >= 4 is 23.2 Å². The molecule has 2 N–H and O–H groups in total. The zero-order valence-electron chi connectivity index (χ0n) is 25.3. The van der Waals surface area contributed by atoms with Crippen LogP contribution in [0.2, 0.25) is 0 Å². The van der Waals surface area contributed by atoms with E-state index in [-0.39, 0.29) is 23.3 Å². The second kappa shape index (κ2) is 13.2. The number of allylic oxidation sites excluding steroid dienone is 4. The van der Waals surface area contributed by atoms with Gasteiger partial charge in [-0.05, 0) is 84.0 Å². The summed E-state index contributed by atoms with van der Waals surface area (Å²) < 4.78 is 0. The number of carbonyl (C=O) groups is 2. The highest BCUT2D eigenvalue weighted by atomic mass is 16.3. The van der Waals surface area contributed by atoms with E-state index in [4.69, 9.17) is 0 Å². The first-order valence-corrected chi connectivity index (χ1v) is 15.2. The van der Waals surface area contributed by atoms with E-state index in [9.17, 15) is 19.8 Å². The minimum atomic E-state index is 0.0470. The van der Waals surface area contributed by atoms with Gasteiger partial charge < -0.3 is 20.0 Å². The number of nitrogens with zero attached hydrogens (tertiary/aromatic N) is 2. The summed E-state index contributed by atoms with van der Waals surface area (Å²) in [6, 6.07) is 11.9. The lowest BCUT2D eigenvalue weighted by molar-refractivity contribution is -0.119. The first-order valence-electron chi connectivity index (χ1n) is 15.2.